The minimum Gasteiger partial charge on any atom is -0.438 e. The molecule has 1 aromatic heterocycles. The molecule has 102 valence electrons. The number of aromatic nitrogens is 1. The second kappa shape index (κ2) is 5.22. The van der Waals surface area contributed by atoms with E-state index in [4.69, 9.17) is 15.7 Å². The Hall–Kier alpha value is -2.54. The number of anilines is 1. The van der Waals surface area contributed by atoms with Crippen molar-refractivity contribution >= 4 is 5.69 Å². The molecule has 2 rings (SSSR count). The molecule has 0 atom stereocenters. The fourth-order valence-electron chi connectivity index (χ4n) is 1.72. The highest BCUT2D eigenvalue weighted by molar-refractivity contribution is 5.53. The molecule has 0 aliphatic heterocycles. The van der Waals surface area contributed by atoms with Crippen LogP contribution in [0.3, 0.4) is 0 Å². The summed E-state index contributed by atoms with van der Waals surface area (Å²) in [4.78, 5) is 4.28. The van der Waals surface area contributed by atoms with Crippen LogP contribution in [-0.2, 0) is 5.41 Å². The molecule has 0 spiro atoms. The number of hydrogen-bond acceptors (Lipinski definition) is 4. The van der Waals surface area contributed by atoms with E-state index < -0.39 is 0 Å². The summed E-state index contributed by atoms with van der Waals surface area (Å²) < 4.78 is 5.63. The summed E-state index contributed by atoms with van der Waals surface area (Å²) in [6, 6.07) is 10.8. The number of hydrogen-bond donors (Lipinski definition) is 1. The lowest BCUT2D eigenvalue weighted by molar-refractivity contribution is 0.459. The number of rotatable bonds is 2. The normalized spacial score (nSPS) is 10.9. The first-order valence-electron chi connectivity index (χ1n) is 6.34. The van der Waals surface area contributed by atoms with E-state index in [1.54, 1.807) is 30.5 Å². The monoisotopic (exact) mass is 267 g/mol. The standard InChI is InChI=1S/C16H17N3O/c1-16(2,3)12-4-7-15(19-10-12)20-14-6-5-13(18)8-11(14)9-17/h4-8,10H,18H2,1-3H3. The Morgan fingerprint density at radius 3 is 2.50 bits per heavy atom. The van der Waals surface area contributed by atoms with E-state index in [1.807, 2.05) is 6.07 Å². The zero-order valence-electron chi connectivity index (χ0n) is 11.8. The lowest BCUT2D eigenvalue weighted by Gasteiger charge is -2.18. The summed E-state index contributed by atoms with van der Waals surface area (Å²) in [5, 5.41) is 9.07. The van der Waals surface area contributed by atoms with Crippen molar-refractivity contribution in [3.8, 4) is 17.7 Å². The number of nitrogens with two attached hydrogens (primary N) is 1. The highest BCUT2D eigenvalue weighted by Crippen LogP contribution is 2.27. The molecule has 0 unspecified atom stereocenters. The second-order valence-corrected chi connectivity index (χ2v) is 5.60. The first-order valence-corrected chi connectivity index (χ1v) is 6.34. The van der Waals surface area contributed by atoms with Crippen molar-refractivity contribution in [2.75, 3.05) is 5.73 Å². The molecule has 0 aliphatic carbocycles. The lowest BCUT2D eigenvalue weighted by atomic mass is 9.88. The van der Waals surface area contributed by atoms with E-state index in [0.717, 1.165) is 5.56 Å². The predicted octanol–water partition coefficient (Wildman–Crippen LogP) is 3.63. The fraction of sp³-hybridized carbons (Fsp3) is 0.250. The van der Waals surface area contributed by atoms with Gasteiger partial charge in [-0.05, 0) is 29.2 Å². The van der Waals surface area contributed by atoms with Gasteiger partial charge in [-0.1, -0.05) is 26.8 Å². The number of nitrogen functional groups attached to an aromatic ring is 1. The molecule has 0 saturated heterocycles. The van der Waals surface area contributed by atoms with Gasteiger partial charge >= 0.3 is 0 Å². The highest BCUT2D eigenvalue weighted by atomic mass is 16.5. The summed E-state index contributed by atoms with van der Waals surface area (Å²) >= 11 is 0. The third-order valence-electron chi connectivity index (χ3n) is 2.94. The van der Waals surface area contributed by atoms with E-state index in [2.05, 4.69) is 31.8 Å². The molecule has 20 heavy (non-hydrogen) atoms. The van der Waals surface area contributed by atoms with Gasteiger partial charge in [0.2, 0.25) is 5.88 Å². The molecule has 1 heterocycles. The smallest absolute Gasteiger partial charge is 0.219 e. The van der Waals surface area contributed by atoms with Gasteiger partial charge in [0, 0.05) is 18.0 Å². The second-order valence-electron chi connectivity index (χ2n) is 5.60. The average Bonchev–Trinajstić information content (AvgIpc) is 2.40. The van der Waals surface area contributed by atoms with Crippen LogP contribution in [0, 0.1) is 11.3 Å². The largest absolute Gasteiger partial charge is 0.438 e. The van der Waals surface area contributed by atoms with Crippen LogP contribution in [0.2, 0.25) is 0 Å². The molecule has 4 heteroatoms. The topological polar surface area (TPSA) is 71.9 Å². The van der Waals surface area contributed by atoms with Crippen molar-refractivity contribution in [2.24, 2.45) is 0 Å². The van der Waals surface area contributed by atoms with Crippen molar-refractivity contribution in [2.45, 2.75) is 26.2 Å². The maximum atomic E-state index is 9.07. The van der Waals surface area contributed by atoms with Gasteiger partial charge in [0.25, 0.3) is 0 Å². The summed E-state index contributed by atoms with van der Waals surface area (Å²) in [5.41, 5.74) is 7.74. The summed E-state index contributed by atoms with van der Waals surface area (Å²) in [7, 11) is 0. The van der Waals surface area contributed by atoms with Crippen LogP contribution < -0.4 is 10.5 Å². The zero-order chi connectivity index (χ0) is 14.8. The highest BCUT2D eigenvalue weighted by Gasteiger charge is 2.14. The van der Waals surface area contributed by atoms with Crippen LogP contribution in [0.25, 0.3) is 0 Å². The summed E-state index contributed by atoms with van der Waals surface area (Å²) in [5.74, 6) is 0.914. The summed E-state index contributed by atoms with van der Waals surface area (Å²) in [6.07, 6.45) is 1.79. The van der Waals surface area contributed by atoms with Gasteiger partial charge in [0.15, 0.2) is 0 Å². The SMILES string of the molecule is CC(C)(C)c1ccc(Oc2ccc(N)cc2C#N)nc1. The Morgan fingerprint density at radius 2 is 1.95 bits per heavy atom. The number of benzene rings is 1. The Kier molecular flexibility index (Phi) is 3.62. The molecule has 4 nitrogen and oxygen atoms in total. The molecule has 1 aromatic carbocycles. The van der Waals surface area contributed by atoms with Crippen LogP contribution in [0.4, 0.5) is 5.69 Å². The van der Waals surface area contributed by atoms with Crippen LogP contribution in [-0.4, -0.2) is 4.98 Å². The number of nitriles is 1. The molecule has 0 saturated carbocycles. The maximum Gasteiger partial charge on any atom is 0.219 e. The lowest BCUT2D eigenvalue weighted by Crippen LogP contribution is -2.11. The molecule has 0 amide bonds. The number of ether oxygens (including phenoxy) is 1. The zero-order valence-corrected chi connectivity index (χ0v) is 11.8. The van der Waals surface area contributed by atoms with Crippen LogP contribution in [0.15, 0.2) is 36.5 Å². The van der Waals surface area contributed by atoms with E-state index in [0.29, 0.717) is 22.9 Å². The van der Waals surface area contributed by atoms with Gasteiger partial charge in [-0.2, -0.15) is 5.26 Å². The Balaban J connectivity index is 2.25. The molecular weight excluding hydrogens is 250 g/mol. The van der Waals surface area contributed by atoms with Crippen molar-refractivity contribution < 1.29 is 4.74 Å². The molecular formula is C16H17N3O. The molecule has 0 bridgehead atoms. The molecule has 0 fully saturated rings. The maximum absolute atomic E-state index is 9.07. The molecule has 2 N–H and O–H groups in total. The first kappa shape index (κ1) is 13.9. The number of nitrogens with zero attached hydrogens (tertiary/aromatic N) is 2. The minimum absolute atomic E-state index is 0.0462. The van der Waals surface area contributed by atoms with Gasteiger partial charge in [0.1, 0.15) is 11.8 Å². The van der Waals surface area contributed by atoms with Gasteiger partial charge in [-0.3, -0.25) is 0 Å². The van der Waals surface area contributed by atoms with E-state index in [-0.39, 0.29) is 5.41 Å². The van der Waals surface area contributed by atoms with Gasteiger partial charge in [-0.15, -0.1) is 0 Å². The average molecular weight is 267 g/mol. The molecule has 0 radical (unpaired) electrons. The van der Waals surface area contributed by atoms with Crippen molar-refractivity contribution in [1.29, 1.82) is 5.26 Å². The van der Waals surface area contributed by atoms with Crippen molar-refractivity contribution in [3.63, 3.8) is 0 Å². The third-order valence-corrected chi connectivity index (χ3v) is 2.94. The van der Waals surface area contributed by atoms with Gasteiger partial charge in [-0.25, -0.2) is 4.98 Å². The van der Waals surface area contributed by atoms with Crippen LogP contribution >= 0.6 is 0 Å². The third kappa shape index (κ3) is 3.07. The van der Waals surface area contributed by atoms with Gasteiger partial charge < -0.3 is 10.5 Å². The van der Waals surface area contributed by atoms with Crippen molar-refractivity contribution in [1.82, 2.24) is 4.98 Å². The quantitative estimate of drug-likeness (QED) is 0.843. The summed E-state index contributed by atoms with van der Waals surface area (Å²) in [6.45, 7) is 6.37. The Labute approximate surface area is 118 Å². The predicted molar refractivity (Wildman–Crippen MR) is 78.6 cm³/mol. The first-order chi connectivity index (χ1) is 9.40. The minimum atomic E-state index is 0.0462. The Morgan fingerprint density at radius 1 is 1.20 bits per heavy atom. The Bertz CT molecular complexity index is 649. The van der Waals surface area contributed by atoms with E-state index >= 15 is 0 Å². The van der Waals surface area contributed by atoms with E-state index in [1.165, 1.54) is 0 Å². The van der Waals surface area contributed by atoms with Crippen LogP contribution in [0.1, 0.15) is 31.9 Å². The number of pyridine rings is 1. The fourth-order valence-corrected chi connectivity index (χ4v) is 1.72. The van der Waals surface area contributed by atoms with Gasteiger partial charge in [0.05, 0.1) is 5.56 Å². The van der Waals surface area contributed by atoms with Crippen molar-refractivity contribution in [3.05, 3.63) is 47.7 Å². The molecule has 0 aliphatic rings. The van der Waals surface area contributed by atoms with E-state index in [9.17, 15) is 0 Å². The molecule has 2 aromatic rings. The van der Waals surface area contributed by atoms with Crippen LogP contribution in [0.5, 0.6) is 11.6 Å².